The zero-order valence-electron chi connectivity index (χ0n) is 21.0. The van der Waals surface area contributed by atoms with Crippen LogP contribution in [0.1, 0.15) is 55.0 Å². The summed E-state index contributed by atoms with van der Waals surface area (Å²) in [5.41, 5.74) is 1.57. The van der Waals surface area contributed by atoms with E-state index in [0.29, 0.717) is 34.2 Å². The van der Waals surface area contributed by atoms with E-state index in [1.54, 1.807) is 47.0 Å². The molecule has 0 bridgehead atoms. The number of carbonyl (C=O) groups excluding carboxylic acids is 4. The number of benzene rings is 1. The Hall–Kier alpha value is -3.47. The number of nitrogens with one attached hydrogen (secondary N) is 3. The first-order valence-electron chi connectivity index (χ1n) is 11.2. The molecule has 1 heterocycles. The number of nitrogens with zero attached hydrogens (tertiary/aromatic N) is 2. The van der Waals surface area contributed by atoms with E-state index in [1.807, 2.05) is 12.1 Å². The maximum absolute atomic E-state index is 12.7. The summed E-state index contributed by atoms with van der Waals surface area (Å²) in [4.78, 5) is 54.1. The average molecular weight is 504 g/mol. The number of carbonyl (C=O) groups is 4. The summed E-state index contributed by atoms with van der Waals surface area (Å²) in [5, 5.41) is 8.41. The van der Waals surface area contributed by atoms with Crippen LogP contribution in [0.5, 0.6) is 0 Å². The Balaban J connectivity index is 2.03. The molecule has 0 unspecified atom stereocenters. The van der Waals surface area contributed by atoms with Crippen molar-refractivity contribution in [1.29, 1.82) is 0 Å². The summed E-state index contributed by atoms with van der Waals surface area (Å²) in [7, 11) is 3.32. The molecule has 1 aromatic carbocycles. The molecule has 0 radical (unpaired) electrons. The normalized spacial score (nSPS) is 10.9. The zero-order valence-corrected chi connectivity index (χ0v) is 21.8. The van der Waals surface area contributed by atoms with Gasteiger partial charge < -0.3 is 20.3 Å². The largest absolute Gasteiger partial charge is 0.444 e. The summed E-state index contributed by atoms with van der Waals surface area (Å²) in [6.07, 6.45) is 0.722. The smallest absolute Gasteiger partial charge is 0.412 e. The monoisotopic (exact) mass is 503 g/mol. The summed E-state index contributed by atoms with van der Waals surface area (Å²) in [6.45, 7) is 6.96. The van der Waals surface area contributed by atoms with Crippen molar-refractivity contribution in [2.24, 2.45) is 0 Å². The molecule has 0 atom stereocenters. The molecule has 35 heavy (non-hydrogen) atoms. The molecule has 4 amide bonds. The number of aromatic nitrogens is 1. The first kappa shape index (κ1) is 27.8. The van der Waals surface area contributed by atoms with E-state index in [-0.39, 0.29) is 30.7 Å². The van der Waals surface area contributed by atoms with Crippen molar-refractivity contribution in [2.75, 3.05) is 31.3 Å². The number of anilines is 2. The van der Waals surface area contributed by atoms with Gasteiger partial charge >= 0.3 is 6.09 Å². The Morgan fingerprint density at radius 2 is 1.69 bits per heavy atom. The van der Waals surface area contributed by atoms with Crippen LogP contribution in [0.2, 0.25) is 0 Å². The fourth-order valence-corrected chi connectivity index (χ4v) is 3.90. The minimum Gasteiger partial charge on any atom is -0.444 e. The van der Waals surface area contributed by atoms with Crippen LogP contribution in [0.3, 0.4) is 0 Å². The van der Waals surface area contributed by atoms with Crippen molar-refractivity contribution >= 4 is 46.0 Å². The van der Waals surface area contributed by atoms with Gasteiger partial charge in [0.25, 0.3) is 5.91 Å². The van der Waals surface area contributed by atoms with Gasteiger partial charge in [0.05, 0.1) is 5.69 Å². The lowest BCUT2D eigenvalue weighted by atomic mass is 10.1. The molecule has 0 aliphatic carbocycles. The SMILES string of the molecule is CC(=O)Nc1nc(CCc2ccc(NC(=O)OC(C)(C)C)cc2)c(C(=O)NCCC(=O)N(C)C)s1. The third-order valence-corrected chi connectivity index (χ3v) is 5.57. The number of rotatable bonds is 9. The molecule has 2 aromatic rings. The van der Waals surface area contributed by atoms with Crippen LogP contribution in [-0.4, -0.2) is 59.9 Å². The molecular formula is C24H33N5O5S. The average Bonchev–Trinajstić information content (AvgIpc) is 3.13. The minimum atomic E-state index is -0.584. The molecule has 0 saturated carbocycles. The van der Waals surface area contributed by atoms with Crippen LogP contribution in [0.15, 0.2) is 24.3 Å². The first-order chi connectivity index (χ1) is 16.3. The Labute approximate surface area is 209 Å². The maximum atomic E-state index is 12.7. The van der Waals surface area contributed by atoms with Gasteiger partial charge in [-0.05, 0) is 51.3 Å². The Kier molecular flexibility index (Phi) is 9.76. The van der Waals surface area contributed by atoms with Gasteiger partial charge in [-0.3, -0.25) is 19.7 Å². The van der Waals surface area contributed by atoms with E-state index < -0.39 is 11.7 Å². The summed E-state index contributed by atoms with van der Waals surface area (Å²) in [6, 6.07) is 7.30. The summed E-state index contributed by atoms with van der Waals surface area (Å²) < 4.78 is 5.25. The zero-order chi connectivity index (χ0) is 26.2. The highest BCUT2D eigenvalue weighted by molar-refractivity contribution is 7.17. The van der Waals surface area contributed by atoms with Crippen LogP contribution in [0.25, 0.3) is 0 Å². The number of thiazole rings is 1. The van der Waals surface area contributed by atoms with Crippen molar-refractivity contribution in [3.05, 3.63) is 40.4 Å². The van der Waals surface area contributed by atoms with Crippen LogP contribution < -0.4 is 16.0 Å². The van der Waals surface area contributed by atoms with Crippen LogP contribution in [0, 0.1) is 0 Å². The van der Waals surface area contributed by atoms with E-state index in [9.17, 15) is 19.2 Å². The molecule has 11 heteroatoms. The Morgan fingerprint density at radius 3 is 2.26 bits per heavy atom. The minimum absolute atomic E-state index is 0.0848. The van der Waals surface area contributed by atoms with Crippen LogP contribution in [0.4, 0.5) is 15.6 Å². The van der Waals surface area contributed by atoms with Crippen molar-refractivity contribution in [1.82, 2.24) is 15.2 Å². The fraction of sp³-hybridized carbons (Fsp3) is 0.458. The summed E-state index contributed by atoms with van der Waals surface area (Å²) >= 11 is 1.10. The molecule has 0 aliphatic heterocycles. The van der Waals surface area contributed by atoms with Crippen LogP contribution >= 0.6 is 11.3 Å². The highest BCUT2D eigenvalue weighted by atomic mass is 32.1. The number of hydrogen-bond donors (Lipinski definition) is 3. The van der Waals surface area contributed by atoms with Gasteiger partial charge in [-0.2, -0.15) is 0 Å². The topological polar surface area (TPSA) is 130 Å². The molecular weight excluding hydrogens is 470 g/mol. The number of hydrogen-bond acceptors (Lipinski definition) is 7. The molecule has 10 nitrogen and oxygen atoms in total. The predicted molar refractivity (Wildman–Crippen MR) is 136 cm³/mol. The Bertz CT molecular complexity index is 1060. The van der Waals surface area contributed by atoms with E-state index >= 15 is 0 Å². The number of ether oxygens (including phenoxy) is 1. The van der Waals surface area contributed by atoms with Gasteiger partial charge in [-0.1, -0.05) is 23.5 Å². The molecule has 0 aliphatic rings. The van der Waals surface area contributed by atoms with Gasteiger partial charge in [0.2, 0.25) is 11.8 Å². The second kappa shape index (κ2) is 12.3. The molecule has 190 valence electrons. The van der Waals surface area contributed by atoms with Crippen molar-refractivity contribution < 1.29 is 23.9 Å². The third kappa shape index (κ3) is 9.73. The first-order valence-corrected chi connectivity index (χ1v) is 12.0. The molecule has 0 fully saturated rings. The lowest BCUT2D eigenvalue weighted by Gasteiger charge is -2.19. The molecule has 1 aromatic heterocycles. The van der Waals surface area contributed by atoms with Gasteiger partial charge in [0.1, 0.15) is 10.5 Å². The highest BCUT2D eigenvalue weighted by Gasteiger charge is 2.19. The standard InChI is InChI=1S/C24H33N5O5S/c1-15(30)26-22-28-18(20(35-22)21(32)25-14-13-19(31)29(5)6)12-9-16-7-10-17(11-8-16)27-23(33)34-24(2,3)4/h7-8,10-11H,9,12-14H2,1-6H3,(H,25,32)(H,27,33)(H,26,28,30). The third-order valence-electron chi connectivity index (χ3n) is 4.56. The quantitative estimate of drug-likeness (QED) is 0.481. The van der Waals surface area contributed by atoms with Crippen LogP contribution in [-0.2, 0) is 27.2 Å². The maximum Gasteiger partial charge on any atom is 0.412 e. The molecule has 0 spiro atoms. The van der Waals surface area contributed by atoms with E-state index in [1.165, 1.54) is 11.8 Å². The summed E-state index contributed by atoms with van der Waals surface area (Å²) in [5.74, 6) is -0.696. The second-order valence-corrected chi connectivity index (χ2v) is 10.1. The van der Waals surface area contributed by atoms with E-state index in [0.717, 1.165) is 16.9 Å². The second-order valence-electron chi connectivity index (χ2n) is 9.09. The number of amides is 4. The van der Waals surface area contributed by atoms with Crippen molar-refractivity contribution in [3.8, 4) is 0 Å². The lowest BCUT2D eigenvalue weighted by Crippen LogP contribution is -2.30. The van der Waals surface area contributed by atoms with E-state index in [4.69, 9.17) is 4.74 Å². The van der Waals surface area contributed by atoms with Crippen molar-refractivity contribution in [2.45, 2.75) is 52.6 Å². The van der Waals surface area contributed by atoms with Gasteiger partial charge in [0, 0.05) is 39.7 Å². The van der Waals surface area contributed by atoms with Gasteiger partial charge in [-0.15, -0.1) is 0 Å². The highest BCUT2D eigenvalue weighted by Crippen LogP contribution is 2.25. The molecule has 0 saturated heterocycles. The molecule has 2 rings (SSSR count). The lowest BCUT2D eigenvalue weighted by molar-refractivity contribution is -0.128. The van der Waals surface area contributed by atoms with Gasteiger partial charge in [0.15, 0.2) is 5.13 Å². The van der Waals surface area contributed by atoms with Crippen molar-refractivity contribution in [3.63, 3.8) is 0 Å². The van der Waals surface area contributed by atoms with E-state index in [2.05, 4.69) is 20.9 Å². The number of aryl methyl sites for hydroxylation is 2. The fourth-order valence-electron chi connectivity index (χ4n) is 2.93. The predicted octanol–water partition coefficient (Wildman–Crippen LogP) is 3.44. The molecule has 3 N–H and O–H groups in total. The van der Waals surface area contributed by atoms with Gasteiger partial charge in [-0.25, -0.2) is 9.78 Å². The Morgan fingerprint density at radius 1 is 1.03 bits per heavy atom.